The summed E-state index contributed by atoms with van der Waals surface area (Å²) in [6, 6.07) is 18.2. The fourth-order valence-electron chi connectivity index (χ4n) is 2.36. The molecule has 0 aromatic heterocycles. The van der Waals surface area contributed by atoms with Crippen molar-refractivity contribution in [2.45, 2.75) is 32.1 Å². The highest BCUT2D eigenvalue weighted by Crippen LogP contribution is 2.16. The molecule has 0 aliphatic carbocycles. The normalized spacial score (nSPS) is 13.4. The van der Waals surface area contributed by atoms with Gasteiger partial charge in [0, 0.05) is 12.2 Å². The van der Waals surface area contributed by atoms with Crippen molar-refractivity contribution in [3.05, 3.63) is 66.2 Å². The topological polar surface area (TPSA) is 70.6 Å². The molecule has 2 aromatic carbocycles. The Labute approximate surface area is 149 Å². The second-order valence-electron chi connectivity index (χ2n) is 6.14. The second-order valence-corrected chi connectivity index (χ2v) is 6.14. The third-order valence-corrected chi connectivity index (χ3v) is 3.62. The third-order valence-electron chi connectivity index (χ3n) is 3.62. The van der Waals surface area contributed by atoms with Crippen LogP contribution in [0.4, 0.5) is 5.69 Å². The van der Waals surface area contributed by atoms with Gasteiger partial charge in [-0.05, 0) is 31.5 Å². The van der Waals surface area contributed by atoms with E-state index in [1.165, 1.54) is 0 Å². The van der Waals surface area contributed by atoms with Crippen LogP contribution in [-0.2, 0) is 9.53 Å². The molecule has 2 aromatic rings. The number of amides is 1. The molecule has 134 valence electrons. The molecule has 0 heterocycles. The zero-order valence-corrected chi connectivity index (χ0v) is 14.7. The maximum atomic E-state index is 12.7. The number of ether oxygens (including phenoxy) is 1. The van der Waals surface area contributed by atoms with Gasteiger partial charge in [0.2, 0.25) is 5.91 Å². The van der Waals surface area contributed by atoms with Gasteiger partial charge in [0.05, 0.1) is 18.8 Å². The lowest BCUT2D eigenvalue weighted by Gasteiger charge is -2.21. The minimum absolute atomic E-state index is 0.0564. The fourth-order valence-corrected chi connectivity index (χ4v) is 2.36. The number of aliphatic hydroxyl groups excluding tert-OH is 1. The van der Waals surface area contributed by atoms with Crippen molar-refractivity contribution >= 4 is 11.6 Å². The summed E-state index contributed by atoms with van der Waals surface area (Å²) in [6.45, 7) is 4.32. The van der Waals surface area contributed by atoms with Crippen LogP contribution >= 0.6 is 0 Å². The van der Waals surface area contributed by atoms with Crippen LogP contribution in [0.25, 0.3) is 0 Å². The zero-order valence-electron chi connectivity index (χ0n) is 14.7. The fraction of sp³-hybridized carbons (Fsp3) is 0.350. The van der Waals surface area contributed by atoms with Crippen molar-refractivity contribution in [2.24, 2.45) is 0 Å². The van der Waals surface area contributed by atoms with Gasteiger partial charge in [0.15, 0.2) is 0 Å². The molecule has 2 rings (SSSR count). The van der Waals surface area contributed by atoms with Crippen LogP contribution in [0.2, 0.25) is 0 Å². The maximum Gasteiger partial charge on any atom is 0.246 e. The van der Waals surface area contributed by atoms with E-state index >= 15 is 0 Å². The Morgan fingerprint density at radius 3 is 2.24 bits per heavy atom. The third kappa shape index (κ3) is 6.66. The molecule has 0 saturated heterocycles. The highest BCUT2D eigenvalue weighted by atomic mass is 16.5. The largest absolute Gasteiger partial charge is 0.389 e. The highest BCUT2D eigenvalue weighted by Gasteiger charge is 2.21. The molecule has 0 fully saturated rings. The number of rotatable bonds is 9. The molecule has 2 atom stereocenters. The van der Waals surface area contributed by atoms with Crippen molar-refractivity contribution in [1.29, 1.82) is 0 Å². The van der Waals surface area contributed by atoms with Gasteiger partial charge >= 0.3 is 0 Å². The summed E-state index contributed by atoms with van der Waals surface area (Å²) in [7, 11) is 0. The molecule has 0 saturated carbocycles. The number of benzene rings is 2. The van der Waals surface area contributed by atoms with Crippen LogP contribution in [0.5, 0.6) is 0 Å². The first-order chi connectivity index (χ1) is 12.1. The number of nitrogens with one attached hydrogen (secondary N) is 2. The monoisotopic (exact) mass is 342 g/mol. The van der Waals surface area contributed by atoms with Gasteiger partial charge in [-0.15, -0.1) is 0 Å². The Kier molecular flexibility index (Phi) is 7.60. The standard InChI is InChI=1S/C20H26N2O3/c1-15(2)25-14-18(23)13-21-19(16-9-5-3-6-10-16)20(24)22-17-11-7-4-8-12-17/h3-12,15,18-19,21,23H,13-14H2,1-2H3,(H,22,24). The van der Waals surface area contributed by atoms with E-state index in [1.807, 2.05) is 74.5 Å². The first kappa shape index (κ1) is 19.1. The Morgan fingerprint density at radius 2 is 1.64 bits per heavy atom. The van der Waals surface area contributed by atoms with Crippen LogP contribution in [0.3, 0.4) is 0 Å². The summed E-state index contributed by atoms with van der Waals surface area (Å²) in [5, 5.41) is 16.1. The van der Waals surface area contributed by atoms with Crippen LogP contribution < -0.4 is 10.6 Å². The van der Waals surface area contributed by atoms with E-state index in [2.05, 4.69) is 10.6 Å². The van der Waals surface area contributed by atoms with Crippen molar-refractivity contribution < 1.29 is 14.6 Å². The minimum atomic E-state index is -0.682. The molecule has 5 nitrogen and oxygen atoms in total. The lowest BCUT2D eigenvalue weighted by atomic mass is 10.1. The smallest absolute Gasteiger partial charge is 0.246 e. The van der Waals surface area contributed by atoms with Crippen LogP contribution in [-0.4, -0.2) is 36.4 Å². The highest BCUT2D eigenvalue weighted by molar-refractivity contribution is 5.95. The van der Waals surface area contributed by atoms with Gasteiger partial charge in [0.1, 0.15) is 6.04 Å². The van der Waals surface area contributed by atoms with Crippen LogP contribution in [0, 0.1) is 0 Å². The molecule has 3 N–H and O–H groups in total. The SMILES string of the molecule is CC(C)OCC(O)CNC(C(=O)Nc1ccccc1)c1ccccc1. The lowest BCUT2D eigenvalue weighted by molar-refractivity contribution is -0.118. The Morgan fingerprint density at radius 1 is 1.04 bits per heavy atom. The Hall–Kier alpha value is -2.21. The van der Waals surface area contributed by atoms with Crippen molar-refractivity contribution in [2.75, 3.05) is 18.5 Å². The number of hydrogen-bond donors (Lipinski definition) is 3. The average Bonchev–Trinajstić information content (AvgIpc) is 2.62. The van der Waals surface area contributed by atoms with Crippen molar-refractivity contribution in [3.63, 3.8) is 0 Å². The zero-order chi connectivity index (χ0) is 18.1. The lowest BCUT2D eigenvalue weighted by Crippen LogP contribution is -2.39. The minimum Gasteiger partial charge on any atom is -0.389 e. The van der Waals surface area contributed by atoms with Crippen LogP contribution in [0.15, 0.2) is 60.7 Å². The van der Waals surface area contributed by atoms with E-state index in [0.717, 1.165) is 11.3 Å². The van der Waals surface area contributed by atoms with E-state index in [1.54, 1.807) is 0 Å². The van der Waals surface area contributed by atoms with Gasteiger partial charge in [-0.3, -0.25) is 10.1 Å². The molecular formula is C20H26N2O3. The van der Waals surface area contributed by atoms with Crippen molar-refractivity contribution in [1.82, 2.24) is 5.32 Å². The number of carbonyl (C=O) groups is 1. The van der Waals surface area contributed by atoms with Crippen LogP contribution in [0.1, 0.15) is 25.5 Å². The predicted molar refractivity (Wildman–Crippen MR) is 99.4 cm³/mol. The van der Waals surface area contributed by atoms with E-state index in [-0.39, 0.29) is 25.2 Å². The summed E-state index contributed by atoms with van der Waals surface area (Å²) in [5.41, 5.74) is 1.58. The molecular weight excluding hydrogens is 316 g/mol. The van der Waals surface area contributed by atoms with Gasteiger partial charge < -0.3 is 15.2 Å². The van der Waals surface area contributed by atoms with E-state index in [9.17, 15) is 9.90 Å². The molecule has 0 aliphatic rings. The average molecular weight is 342 g/mol. The number of para-hydroxylation sites is 1. The first-order valence-corrected chi connectivity index (χ1v) is 8.50. The Balaban J connectivity index is 2.02. The molecule has 0 bridgehead atoms. The summed E-state index contributed by atoms with van der Waals surface area (Å²) in [6.07, 6.45) is -0.626. The Bertz CT molecular complexity index is 632. The van der Waals surface area contributed by atoms with Gasteiger partial charge in [-0.25, -0.2) is 0 Å². The summed E-state index contributed by atoms with van der Waals surface area (Å²) < 4.78 is 5.41. The van der Waals surface area contributed by atoms with E-state index in [4.69, 9.17) is 4.74 Å². The molecule has 0 spiro atoms. The number of aliphatic hydroxyl groups is 1. The van der Waals surface area contributed by atoms with Gasteiger partial charge in [-0.1, -0.05) is 48.5 Å². The first-order valence-electron chi connectivity index (χ1n) is 8.50. The predicted octanol–water partition coefficient (Wildman–Crippen LogP) is 2.74. The van der Waals surface area contributed by atoms with E-state index < -0.39 is 12.1 Å². The molecule has 5 heteroatoms. The van der Waals surface area contributed by atoms with Gasteiger partial charge in [-0.2, -0.15) is 0 Å². The molecule has 1 amide bonds. The quantitative estimate of drug-likeness (QED) is 0.655. The molecule has 0 aliphatic heterocycles. The molecule has 2 unspecified atom stereocenters. The summed E-state index contributed by atoms with van der Waals surface area (Å²) in [5.74, 6) is -0.172. The summed E-state index contributed by atoms with van der Waals surface area (Å²) in [4.78, 5) is 12.7. The summed E-state index contributed by atoms with van der Waals surface area (Å²) >= 11 is 0. The number of carbonyl (C=O) groups excluding carboxylic acids is 1. The molecule has 25 heavy (non-hydrogen) atoms. The van der Waals surface area contributed by atoms with Gasteiger partial charge in [0.25, 0.3) is 0 Å². The number of hydrogen-bond acceptors (Lipinski definition) is 4. The maximum absolute atomic E-state index is 12.7. The molecule has 0 radical (unpaired) electrons. The van der Waals surface area contributed by atoms with Crippen molar-refractivity contribution in [3.8, 4) is 0 Å². The second kappa shape index (κ2) is 9.93. The number of anilines is 1. The van der Waals surface area contributed by atoms with E-state index in [0.29, 0.717) is 0 Å².